The van der Waals surface area contributed by atoms with Crippen LogP contribution in [0, 0.1) is 5.92 Å². The second-order valence-electron chi connectivity index (χ2n) is 4.62. The molecule has 0 radical (unpaired) electrons. The van der Waals surface area contributed by atoms with Gasteiger partial charge in [0.2, 0.25) is 0 Å². The molecular weight excluding hydrogens is 174 g/mol. The van der Waals surface area contributed by atoms with Gasteiger partial charge in [0.1, 0.15) is 0 Å². The van der Waals surface area contributed by atoms with Crippen LogP contribution in [0.2, 0.25) is 0 Å². The molecule has 82 valence electrons. The van der Waals surface area contributed by atoms with Crippen LogP contribution in [0.25, 0.3) is 0 Å². The molecule has 0 saturated carbocycles. The van der Waals surface area contributed by atoms with Gasteiger partial charge in [0.15, 0.2) is 0 Å². The third-order valence-electron chi connectivity index (χ3n) is 3.35. The van der Waals surface area contributed by atoms with E-state index in [0.29, 0.717) is 0 Å². The molecule has 0 aromatic rings. The van der Waals surface area contributed by atoms with E-state index in [2.05, 4.69) is 15.5 Å². The quantitative estimate of drug-likeness (QED) is 0.666. The lowest BCUT2D eigenvalue weighted by atomic mass is 9.99. The van der Waals surface area contributed by atoms with Gasteiger partial charge in [-0.2, -0.15) is 0 Å². The van der Waals surface area contributed by atoms with Crippen molar-refractivity contribution in [3.05, 3.63) is 0 Å². The fraction of sp³-hybridized carbons (Fsp3) is 1.00. The van der Waals surface area contributed by atoms with Crippen LogP contribution in [0.3, 0.4) is 0 Å². The van der Waals surface area contributed by atoms with Crippen LogP contribution < -0.4 is 10.6 Å². The largest absolute Gasteiger partial charge is 0.316 e. The Bertz CT molecular complexity index is 147. The van der Waals surface area contributed by atoms with Gasteiger partial charge in [-0.15, -0.1) is 0 Å². The Morgan fingerprint density at radius 3 is 2.79 bits per heavy atom. The van der Waals surface area contributed by atoms with E-state index in [9.17, 15) is 0 Å². The second-order valence-corrected chi connectivity index (χ2v) is 4.62. The van der Waals surface area contributed by atoms with Crippen molar-refractivity contribution in [3.8, 4) is 0 Å². The maximum absolute atomic E-state index is 3.50. The summed E-state index contributed by atoms with van der Waals surface area (Å²) >= 11 is 0. The lowest BCUT2D eigenvalue weighted by Gasteiger charge is -2.29. The summed E-state index contributed by atoms with van der Waals surface area (Å²) in [5, 5.41) is 6.95. The number of hydrogen-bond acceptors (Lipinski definition) is 3. The lowest BCUT2D eigenvalue weighted by Crippen LogP contribution is -2.39. The summed E-state index contributed by atoms with van der Waals surface area (Å²) in [6.45, 7) is 8.72. The number of hydrogen-bond donors (Lipinski definition) is 2. The predicted molar refractivity (Wildman–Crippen MR) is 59.5 cm³/mol. The van der Waals surface area contributed by atoms with Gasteiger partial charge in [-0.05, 0) is 51.4 Å². The molecule has 14 heavy (non-hydrogen) atoms. The zero-order valence-electron chi connectivity index (χ0n) is 9.10. The van der Waals surface area contributed by atoms with Gasteiger partial charge in [-0.1, -0.05) is 0 Å². The molecule has 2 heterocycles. The van der Waals surface area contributed by atoms with Gasteiger partial charge in [0.05, 0.1) is 0 Å². The van der Waals surface area contributed by atoms with E-state index in [1.807, 2.05) is 0 Å². The molecule has 2 fully saturated rings. The van der Waals surface area contributed by atoms with Gasteiger partial charge >= 0.3 is 0 Å². The van der Waals surface area contributed by atoms with Crippen LogP contribution in [0.5, 0.6) is 0 Å². The summed E-state index contributed by atoms with van der Waals surface area (Å²) in [6.07, 6.45) is 4.12. The first-order valence-electron chi connectivity index (χ1n) is 6.09. The maximum atomic E-state index is 3.50. The minimum Gasteiger partial charge on any atom is -0.316 e. The van der Waals surface area contributed by atoms with Crippen molar-refractivity contribution < 1.29 is 0 Å². The summed E-state index contributed by atoms with van der Waals surface area (Å²) in [6, 6.07) is 0. The van der Waals surface area contributed by atoms with Crippen molar-refractivity contribution in [1.29, 1.82) is 0 Å². The first-order chi connectivity index (χ1) is 6.95. The van der Waals surface area contributed by atoms with Gasteiger partial charge in [-0.3, -0.25) is 0 Å². The van der Waals surface area contributed by atoms with E-state index in [1.54, 1.807) is 0 Å². The molecule has 2 aliphatic heterocycles. The Morgan fingerprint density at radius 1 is 1.00 bits per heavy atom. The van der Waals surface area contributed by atoms with E-state index < -0.39 is 0 Å². The third kappa shape index (κ3) is 3.23. The van der Waals surface area contributed by atoms with E-state index in [4.69, 9.17) is 0 Å². The first kappa shape index (κ1) is 10.4. The first-order valence-corrected chi connectivity index (χ1v) is 6.09. The average Bonchev–Trinajstić information content (AvgIpc) is 2.48. The zero-order chi connectivity index (χ0) is 9.64. The van der Waals surface area contributed by atoms with Crippen molar-refractivity contribution >= 4 is 0 Å². The Morgan fingerprint density at radius 2 is 1.93 bits per heavy atom. The highest BCUT2D eigenvalue weighted by Gasteiger charge is 2.17. The topological polar surface area (TPSA) is 27.3 Å². The van der Waals surface area contributed by atoms with Crippen LogP contribution >= 0.6 is 0 Å². The minimum absolute atomic E-state index is 0.904. The molecule has 2 N–H and O–H groups in total. The molecular formula is C11H23N3. The molecule has 0 aliphatic carbocycles. The molecule has 3 heteroatoms. The van der Waals surface area contributed by atoms with Gasteiger partial charge in [0.25, 0.3) is 0 Å². The predicted octanol–water partition coefficient (Wildman–Crippen LogP) is 0.281. The second kappa shape index (κ2) is 5.69. The monoisotopic (exact) mass is 197 g/mol. The zero-order valence-corrected chi connectivity index (χ0v) is 9.10. The summed E-state index contributed by atoms with van der Waals surface area (Å²) in [7, 11) is 0. The van der Waals surface area contributed by atoms with Crippen LogP contribution in [0.4, 0.5) is 0 Å². The van der Waals surface area contributed by atoms with Crippen LogP contribution in [-0.4, -0.2) is 50.7 Å². The molecule has 0 spiro atoms. The molecule has 0 bridgehead atoms. The standard InChI is InChI=1S/C11H23N3/c1-3-11(9-13-4-1)10-14-7-2-5-12-6-8-14/h11-13H,1-10H2. The Hall–Kier alpha value is -0.120. The van der Waals surface area contributed by atoms with Crippen LogP contribution in [0.1, 0.15) is 19.3 Å². The van der Waals surface area contributed by atoms with Crippen molar-refractivity contribution in [3.63, 3.8) is 0 Å². The Kier molecular flexibility index (Phi) is 4.22. The van der Waals surface area contributed by atoms with Gasteiger partial charge in [-0.25, -0.2) is 0 Å². The molecule has 2 aliphatic rings. The highest BCUT2D eigenvalue weighted by atomic mass is 15.2. The van der Waals surface area contributed by atoms with Crippen molar-refractivity contribution in [1.82, 2.24) is 15.5 Å². The lowest BCUT2D eigenvalue weighted by molar-refractivity contribution is 0.219. The molecule has 1 unspecified atom stereocenters. The maximum Gasteiger partial charge on any atom is 0.0107 e. The van der Waals surface area contributed by atoms with Gasteiger partial charge < -0.3 is 15.5 Å². The average molecular weight is 197 g/mol. The number of rotatable bonds is 2. The summed E-state index contributed by atoms with van der Waals surface area (Å²) in [5.74, 6) is 0.904. The summed E-state index contributed by atoms with van der Waals surface area (Å²) < 4.78 is 0. The number of nitrogens with one attached hydrogen (secondary N) is 2. The van der Waals surface area contributed by atoms with E-state index in [-0.39, 0.29) is 0 Å². The molecule has 0 amide bonds. The summed E-state index contributed by atoms with van der Waals surface area (Å²) in [4.78, 5) is 2.64. The van der Waals surface area contributed by atoms with Crippen molar-refractivity contribution in [2.75, 3.05) is 45.8 Å². The number of nitrogens with zero attached hydrogens (tertiary/aromatic N) is 1. The van der Waals surface area contributed by atoms with Crippen LogP contribution in [-0.2, 0) is 0 Å². The van der Waals surface area contributed by atoms with Crippen LogP contribution in [0.15, 0.2) is 0 Å². The molecule has 3 nitrogen and oxygen atoms in total. The smallest absolute Gasteiger partial charge is 0.0107 e. The fourth-order valence-corrected chi connectivity index (χ4v) is 2.53. The highest BCUT2D eigenvalue weighted by Crippen LogP contribution is 2.12. The van der Waals surface area contributed by atoms with E-state index in [0.717, 1.165) is 5.92 Å². The normalized spacial score (nSPS) is 31.3. The molecule has 0 aromatic carbocycles. The molecule has 2 rings (SSSR count). The van der Waals surface area contributed by atoms with Gasteiger partial charge in [0, 0.05) is 19.6 Å². The molecule has 0 aromatic heterocycles. The Balaban J connectivity index is 1.71. The summed E-state index contributed by atoms with van der Waals surface area (Å²) in [5.41, 5.74) is 0. The molecule has 1 atom stereocenters. The SMILES string of the molecule is C1CNCC(CN2CCCNCC2)C1. The third-order valence-corrected chi connectivity index (χ3v) is 3.35. The fourth-order valence-electron chi connectivity index (χ4n) is 2.53. The van der Waals surface area contributed by atoms with E-state index in [1.165, 1.54) is 65.1 Å². The van der Waals surface area contributed by atoms with Crippen molar-refractivity contribution in [2.45, 2.75) is 19.3 Å². The number of piperidine rings is 1. The minimum atomic E-state index is 0.904. The Labute approximate surface area is 87.2 Å². The molecule has 2 saturated heterocycles. The van der Waals surface area contributed by atoms with Crippen molar-refractivity contribution in [2.24, 2.45) is 5.92 Å². The van der Waals surface area contributed by atoms with E-state index >= 15 is 0 Å². The highest BCUT2D eigenvalue weighted by molar-refractivity contribution is 4.74.